The molecule has 0 amide bonds. The van der Waals surface area contributed by atoms with Crippen molar-refractivity contribution in [2.45, 2.75) is 19.8 Å². The van der Waals surface area contributed by atoms with E-state index >= 15 is 0 Å². The monoisotopic (exact) mass is 264 g/mol. The van der Waals surface area contributed by atoms with Crippen LogP contribution in [0, 0.1) is 16.0 Å². The van der Waals surface area contributed by atoms with Crippen molar-refractivity contribution >= 4 is 11.5 Å². The van der Waals surface area contributed by atoms with Gasteiger partial charge in [0.2, 0.25) is 5.82 Å². The topological polar surface area (TPSA) is 71.3 Å². The fourth-order valence-corrected chi connectivity index (χ4v) is 2.30. The third kappa shape index (κ3) is 3.89. The van der Waals surface area contributed by atoms with Crippen LogP contribution in [0.3, 0.4) is 0 Å². The molecule has 1 aliphatic rings. The molecule has 0 aromatic carbocycles. The van der Waals surface area contributed by atoms with Crippen molar-refractivity contribution in [1.29, 1.82) is 0 Å². The molecule has 1 saturated heterocycles. The molecule has 1 aliphatic heterocycles. The third-order valence-corrected chi connectivity index (χ3v) is 3.58. The summed E-state index contributed by atoms with van der Waals surface area (Å²) in [6, 6.07) is 3.05. The zero-order valence-electron chi connectivity index (χ0n) is 11.2. The molecule has 1 aromatic rings. The number of likely N-dealkylation sites (tertiary alicyclic amines) is 1. The molecule has 19 heavy (non-hydrogen) atoms. The van der Waals surface area contributed by atoms with Gasteiger partial charge in [0.05, 0.1) is 4.92 Å². The molecule has 1 fully saturated rings. The molecular weight excluding hydrogens is 244 g/mol. The highest BCUT2D eigenvalue weighted by molar-refractivity contribution is 5.54. The number of nitrogens with one attached hydrogen (secondary N) is 1. The van der Waals surface area contributed by atoms with Crippen LogP contribution in [-0.2, 0) is 0 Å². The Hall–Kier alpha value is -1.69. The molecule has 0 atom stereocenters. The molecule has 0 radical (unpaired) electrons. The Kier molecular flexibility index (Phi) is 4.68. The Balaban J connectivity index is 1.81. The number of rotatable bonds is 5. The van der Waals surface area contributed by atoms with Gasteiger partial charge in [0.1, 0.15) is 0 Å². The van der Waals surface area contributed by atoms with Crippen molar-refractivity contribution in [2.24, 2.45) is 5.92 Å². The van der Waals surface area contributed by atoms with Gasteiger partial charge in [-0.15, -0.1) is 0 Å². The Morgan fingerprint density at radius 2 is 2.26 bits per heavy atom. The van der Waals surface area contributed by atoms with Crippen molar-refractivity contribution in [3.8, 4) is 0 Å². The van der Waals surface area contributed by atoms with Gasteiger partial charge in [0, 0.05) is 25.4 Å². The molecule has 6 heteroatoms. The first kappa shape index (κ1) is 13.7. The quantitative estimate of drug-likeness (QED) is 0.651. The van der Waals surface area contributed by atoms with E-state index in [0.717, 1.165) is 25.6 Å². The van der Waals surface area contributed by atoms with Crippen molar-refractivity contribution in [3.05, 3.63) is 28.4 Å². The van der Waals surface area contributed by atoms with E-state index in [2.05, 4.69) is 22.1 Å². The molecule has 1 N–H and O–H groups in total. The van der Waals surface area contributed by atoms with E-state index < -0.39 is 4.92 Å². The normalized spacial score (nSPS) is 17.3. The highest BCUT2D eigenvalue weighted by atomic mass is 16.6. The molecule has 0 unspecified atom stereocenters. The predicted octanol–water partition coefficient (Wildman–Crippen LogP) is 2.13. The first-order valence-corrected chi connectivity index (χ1v) is 6.72. The van der Waals surface area contributed by atoms with Gasteiger partial charge in [0.15, 0.2) is 0 Å². The molecule has 104 valence electrons. The molecule has 0 aliphatic carbocycles. The number of pyridine rings is 1. The van der Waals surface area contributed by atoms with E-state index in [1.807, 2.05) is 0 Å². The lowest BCUT2D eigenvalue weighted by molar-refractivity contribution is -0.384. The van der Waals surface area contributed by atoms with Gasteiger partial charge in [-0.05, 0) is 37.9 Å². The van der Waals surface area contributed by atoms with E-state index in [-0.39, 0.29) is 5.69 Å². The minimum atomic E-state index is -0.405. The van der Waals surface area contributed by atoms with Gasteiger partial charge >= 0.3 is 5.69 Å². The largest absolute Gasteiger partial charge is 0.363 e. The third-order valence-electron chi connectivity index (χ3n) is 3.58. The number of nitro groups is 1. The molecule has 0 spiro atoms. The van der Waals surface area contributed by atoms with Crippen LogP contribution in [-0.4, -0.2) is 41.0 Å². The Bertz CT molecular complexity index is 430. The van der Waals surface area contributed by atoms with Crippen molar-refractivity contribution in [3.63, 3.8) is 0 Å². The minimum Gasteiger partial charge on any atom is -0.363 e. The highest BCUT2D eigenvalue weighted by Gasteiger charge is 2.16. The molecule has 2 rings (SSSR count). The van der Waals surface area contributed by atoms with Crippen molar-refractivity contribution in [1.82, 2.24) is 9.88 Å². The first-order valence-electron chi connectivity index (χ1n) is 6.72. The molecule has 0 bridgehead atoms. The summed E-state index contributed by atoms with van der Waals surface area (Å²) in [5, 5.41) is 13.9. The minimum absolute atomic E-state index is 0.0368. The van der Waals surface area contributed by atoms with Gasteiger partial charge in [-0.1, -0.05) is 6.92 Å². The van der Waals surface area contributed by atoms with Crippen LogP contribution in [0.5, 0.6) is 0 Å². The summed E-state index contributed by atoms with van der Waals surface area (Å²) in [7, 11) is 0. The van der Waals surface area contributed by atoms with Crippen LogP contribution < -0.4 is 5.32 Å². The smallest absolute Gasteiger partial charge is 0.311 e. The van der Waals surface area contributed by atoms with Crippen LogP contribution in [0.15, 0.2) is 18.3 Å². The lowest BCUT2D eigenvalue weighted by Gasteiger charge is -2.30. The predicted molar refractivity (Wildman–Crippen MR) is 74.2 cm³/mol. The molecule has 2 heterocycles. The molecule has 6 nitrogen and oxygen atoms in total. The second-order valence-corrected chi connectivity index (χ2v) is 5.08. The van der Waals surface area contributed by atoms with Crippen LogP contribution in [0.4, 0.5) is 11.5 Å². The number of aromatic nitrogens is 1. The lowest BCUT2D eigenvalue weighted by Crippen LogP contribution is -2.36. The van der Waals surface area contributed by atoms with E-state index in [1.54, 1.807) is 12.3 Å². The van der Waals surface area contributed by atoms with Gasteiger partial charge in [-0.3, -0.25) is 10.1 Å². The average Bonchev–Trinajstić information content (AvgIpc) is 2.41. The SMILES string of the molecule is CC1CCN(CCNc2ncccc2[N+](=O)[O-])CC1. The zero-order valence-corrected chi connectivity index (χ0v) is 11.2. The summed E-state index contributed by atoms with van der Waals surface area (Å²) < 4.78 is 0. The number of nitrogens with zero attached hydrogens (tertiary/aromatic N) is 3. The maximum Gasteiger partial charge on any atom is 0.311 e. The fourth-order valence-electron chi connectivity index (χ4n) is 2.30. The van der Waals surface area contributed by atoms with Crippen molar-refractivity contribution in [2.75, 3.05) is 31.5 Å². The summed E-state index contributed by atoms with van der Waals surface area (Å²) in [5.41, 5.74) is 0.0368. The summed E-state index contributed by atoms with van der Waals surface area (Å²) in [6.45, 7) is 6.11. The summed E-state index contributed by atoms with van der Waals surface area (Å²) >= 11 is 0. The van der Waals surface area contributed by atoms with Gasteiger partial charge in [0.25, 0.3) is 0 Å². The Morgan fingerprint density at radius 1 is 1.53 bits per heavy atom. The van der Waals surface area contributed by atoms with E-state index in [0.29, 0.717) is 12.4 Å². The van der Waals surface area contributed by atoms with Gasteiger partial charge in [-0.2, -0.15) is 0 Å². The standard InChI is InChI=1S/C13H20N4O2/c1-11-4-8-16(9-5-11)10-7-15-13-12(17(18)19)3-2-6-14-13/h2-3,6,11H,4-5,7-10H2,1H3,(H,14,15). The first-order chi connectivity index (χ1) is 9.16. The fraction of sp³-hybridized carbons (Fsp3) is 0.615. The van der Waals surface area contributed by atoms with Gasteiger partial charge < -0.3 is 10.2 Å². The van der Waals surface area contributed by atoms with Crippen LogP contribution >= 0.6 is 0 Å². The zero-order chi connectivity index (χ0) is 13.7. The maximum absolute atomic E-state index is 10.8. The van der Waals surface area contributed by atoms with E-state index in [9.17, 15) is 10.1 Å². The van der Waals surface area contributed by atoms with Crippen LogP contribution in [0.25, 0.3) is 0 Å². The maximum atomic E-state index is 10.8. The van der Waals surface area contributed by atoms with Crippen molar-refractivity contribution < 1.29 is 4.92 Å². The molecule has 0 saturated carbocycles. The molecule has 1 aromatic heterocycles. The number of hydrogen-bond donors (Lipinski definition) is 1. The van der Waals surface area contributed by atoms with Crippen LogP contribution in [0.2, 0.25) is 0 Å². The van der Waals surface area contributed by atoms with Crippen LogP contribution in [0.1, 0.15) is 19.8 Å². The average molecular weight is 264 g/mol. The van der Waals surface area contributed by atoms with Gasteiger partial charge in [-0.25, -0.2) is 4.98 Å². The number of anilines is 1. The lowest BCUT2D eigenvalue weighted by atomic mass is 9.99. The van der Waals surface area contributed by atoms with E-state index in [1.165, 1.54) is 18.9 Å². The number of piperidine rings is 1. The summed E-state index contributed by atoms with van der Waals surface area (Å²) in [6.07, 6.45) is 4.05. The second kappa shape index (κ2) is 6.47. The van der Waals surface area contributed by atoms with E-state index in [4.69, 9.17) is 0 Å². The Labute approximate surface area is 113 Å². The second-order valence-electron chi connectivity index (χ2n) is 5.08. The summed E-state index contributed by atoms with van der Waals surface area (Å²) in [4.78, 5) is 16.8. The number of hydrogen-bond acceptors (Lipinski definition) is 5. The highest BCUT2D eigenvalue weighted by Crippen LogP contribution is 2.20. The Morgan fingerprint density at radius 3 is 2.95 bits per heavy atom. The molecular formula is C13H20N4O2. The summed E-state index contributed by atoms with van der Waals surface area (Å²) in [5.74, 6) is 1.18.